The number of anilines is 1. The minimum atomic E-state index is -1.24. The maximum absolute atomic E-state index is 14.8. The van der Waals surface area contributed by atoms with Crippen molar-refractivity contribution in [2.75, 3.05) is 38.8 Å². The maximum Gasteiger partial charge on any atom is 0.253 e. The summed E-state index contributed by atoms with van der Waals surface area (Å²) in [5.74, 6) is -1.97. The quantitative estimate of drug-likeness (QED) is 0.414. The number of rotatable bonds is 11. The number of amides is 3. The highest BCUT2D eigenvalue weighted by atomic mass is 16.5. The molecule has 1 N–H and O–H groups in total. The molecule has 6 atom stereocenters. The second kappa shape index (κ2) is 11.4. The molecule has 9 heteroatoms. The van der Waals surface area contributed by atoms with E-state index in [0.29, 0.717) is 36.4 Å². The number of aliphatic hydroxyl groups excluding tert-OH is 1. The number of hydrogen-bond acceptors (Lipinski definition) is 6. The summed E-state index contributed by atoms with van der Waals surface area (Å²) < 4.78 is 12.1. The summed E-state index contributed by atoms with van der Waals surface area (Å²) in [6.07, 6.45) is 4.22. The Labute approximate surface area is 247 Å². The number of likely N-dealkylation sites (tertiary alicyclic amines) is 1. The van der Waals surface area contributed by atoms with Crippen molar-refractivity contribution >= 4 is 23.4 Å². The van der Waals surface area contributed by atoms with Crippen LogP contribution in [0.4, 0.5) is 5.69 Å². The average molecular weight is 574 g/mol. The first-order valence-electron chi connectivity index (χ1n) is 14.3. The predicted octanol–water partition coefficient (Wildman–Crippen LogP) is 3.36. The zero-order valence-corrected chi connectivity index (χ0v) is 24.4. The average Bonchev–Trinajstić information content (AvgIpc) is 3.57. The third kappa shape index (κ3) is 4.51. The van der Waals surface area contributed by atoms with Gasteiger partial charge in [-0.1, -0.05) is 42.5 Å². The Kier molecular flexibility index (Phi) is 8.00. The van der Waals surface area contributed by atoms with Crippen molar-refractivity contribution in [2.24, 2.45) is 11.8 Å². The molecule has 0 aromatic heterocycles. The molecule has 9 nitrogen and oxygen atoms in total. The van der Waals surface area contributed by atoms with Crippen molar-refractivity contribution in [2.45, 2.75) is 43.1 Å². The summed E-state index contributed by atoms with van der Waals surface area (Å²) >= 11 is 0. The van der Waals surface area contributed by atoms with Crippen LogP contribution in [0.5, 0.6) is 5.75 Å². The van der Waals surface area contributed by atoms with Crippen molar-refractivity contribution in [3.05, 3.63) is 85.5 Å². The minimum absolute atomic E-state index is 0.182. The van der Waals surface area contributed by atoms with E-state index in [1.165, 1.54) is 4.90 Å². The Hall–Kier alpha value is -3.95. The van der Waals surface area contributed by atoms with Gasteiger partial charge in [0.1, 0.15) is 17.4 Å². The molecule has 0 aliphatic carbocycles. The predicted molar refractivity (Wildman–Crippen MR) is 159 cm³/mol. The highest BCUT2D eigenvalue weighted by molar-refractivity contribution is 6.05. The van der Waals surface area contributed by atoms with E-state index in [-0.39, 0.29) is 24.3 Å². The van der Waals surface area contributed by atoms with E-state index in [0.717, 1.165) is 0 Å². The number of methoxy groups -OCH3 is 1. The summed E-state index contributed by atoms with van der Waals surface area (Å²) in [6.45, 7) is 9.59. The fraction of sp³-hybridized carbons (Fsp3) is 0.424. The minimum Gasteiger partial charge on any atom is -0.497 e. The van der Waals surface area contributed by atoms with Gasteiger partial charge in [-0.25, -0.2) is 0 Å². The van der Waals surface area contributed by atoms with Gasteiger partial charge < -0.3 is 29.3 Å². The molecule has 3 saturated heterocycles. The molecular weight excluding hydrogens is 534 g/mol. The van der Waals surface area contributed by atoms with E-state index >= 15 is 0 Å². The Morgan fingerprint density at radius 1 is 1.10 bits per heavy atom. The van der Waals surface area contributed by atoms with Gasteiger partial charge in [-0.2, -0.15) is 0 Å². The van der Waals surface area contributed by atoms with E-state index in [2.05, 4.69) is 13.2 Å². The van der Waals surface area contributed by atoms with Gasteiger partial charge in [-0.05, 0) is 49.6 Å². The van der Waals surface area contributed by atoms with E-state index in [4.69, 9.17) is 9.47 Å². The molecule has 42 heavy (non-hydrogen) atoms. The number of ether oxygens (including phenoxy) is 2. The van der Waals surface area contributed by atoms with Crippen LogP contribution >= 0.6 is 0 Å². The fourth-order valence-electron chi connectivity index (χ4n) is 7.27. The van der Waals surface area contributed by atoms with E-state index in [9.17, 15) is 19.5 Å². The first kappa shape index (κ1) is 29.5. The highest BCUT2D eigenvalue weighted by Gasteiger charge is 2.79. The highest BCUT2D eigenvalue weighted by Crippen LogP contribution is 2.64. The van der Waals surface area contributed by atoms with Crippen molar-refractivity contribution in [3.8, 4) is 5.75 Å². The smallest absolute Gasteiger partial charge is 0.253 e. The summed E-state index contributed by atoms with van der Waals surface area (Å²) in [5, 5.41) is 10.7. The van der Waals surface area contributed by atoms with E-state index < -0.39 is 41.7 Å². The molecule has 0 radical (unpaired) electrons. The molecule has 3 aliphatic rings. The number of aliphatic hydroxyl groups is 1. The SMILES string of the molecule is C=CCN(C)C(=O)[C@H]1[C@H]2C(=O)N([C@H](CO)c3ccccc3)C(C(=O)N(CC=C)c3ccc(OC)cc3)C23CC[C@]1(C)O3. The fourth-order valence-corrected chi connectivity index (χ4v) is 7.27. The Balaban J connectivity index is 1.66. The third-order valence-corrected chi connectivity index (χ3v) is 9.15. The molecule has 2 unspecified atom stereocenters. The summed E-state index contributed by atoms with van der Waals surface area (Å²) in [4.78, 5) is 48.0. The standard InChI is InChI=1S/C33H39N3O6/c1-6-19-34(4)29(38)26-27-30(39)36(25(21-37)22-11-9-8-10-12-22)28(33(27)18-17-32(26,3)42-33)31(40)35(20-7-2)23-13-15-24(41-5)16-14-23/h6-16,25-28,37H,1-2,17-21H2,3-5H3/t25-,26-,27+,28?,32+,33?/m1/s1. The molecule has 0 saturated carbocycles. The second-order valence-corrected chi connectivity index (χ2v) is 11.5. The molecule has 3 aliphatic heterocycles. The van der Waals surface area contributed by atoms with Gasteiger partial charge in [0.05, 0.1) is 37.2 Å². The van der Waals surface area contributed by atoms with Gasteiger partial charge in [-0.3, -0.25) is 14.4 Å². The van der Waals surface area contributed by atoms with Crippen LogP contribution in [0.3, 0.4) is 0 Å². The van der Waals surface area contributed by atoms with Crippen molar-refractivity contribution in [3.63, 3.8) is 0 Å². The number of carbonyl (C=O) groups excluding carboxylic acids is 3. The lowest BCUT2D eigenvalue weighted by Gasteiger charge is -2.39. The molecular formula is C33H39N3O6. The lowest BCUT2D eigenvalue weighted by Crippen LogP contribution is -2.57. The monoisotopic (exact) mass is 573 g/mol. The van der Waals surface area contributed by atoms with Crippen LogP contribution in [0.25, 0.3) is 0 Å². The lowest BCUT2D eigenvalue weighted by molar-refractivity contribution is -0.151. The normalized spacial score (nSPS) is 28.2. The Morgan fingerprint density at radius 2 is 1.76 bits per heavy atom. The largest absolute Gasteiger partial charge is 0.497 e. The second-order valence-electron chi connectivity index (χ2n) is 11.5. The first-order valence-corrected chi connectivity index (χ1v) is 14.3. The zero-order chi connectivity index (χ0) is 30.2. The van der Waals surface area contributed by atoms with Gasteiger partial charge in [-0.15, -0.1) is 13.2 Å². The third-order valence-electron chi connectivity index (χ3n) is 9.15. The molecule has 1 spiro atoms. The van der Waals surface area contributed by atoms with Crippen molar-refractivity contribution in [1.29, 1.82) is 0 Å². The first-order chi connectivity index (χ1) is 20.2. The van der Waals surface area contributed by atoms with Crippen molar-refractivity contribution < 1.29 is 29.0 Å². The van der Waals surface area contributed by atoms with Crippen LogP contribution in [0.15, 0.2) is 79.9 Å². The molecule has 3 heterocycles. The van der Waals surface area contributed by atoms with Crippen LogP contribution in [-0.2, 0) is 19.1 Å². The molecule has 3 fully saturated rings. The zero-order valence-electron chi connectivity index (χ0n) is 24.4. The molecule has 2 bridgehead atoms. The van der Waals surface area contributed by atoms with E-state index in [1.54, 1.807) is 60.4 Å². The number of carbonyl (C=O) groups is 3. The Bertz CT molecular complexity index is 1360. The van der Waals surface area contributed by atoms with Crippen LogP contribution in [-0.4, -0.2) is 83.7 Å². The van der Waals surface area contributed by atoms with Gasteiger partial charge >= 0.3 is 0 Å². The van der Waals surface area contributed by atoms with Crippen molar-refractivity contribution in [1.82, 2.24) is 9.80 Å². The number of nitrogens with zero attached hydrogens (tertiary/aromatic N) is 3. The molecule has 5 rings (SSSR count). The summed E-state index contributed by atoms with van der Waals surface area (Å²) in [6, 6.07) is 14.4. The van der Waals surface area contributed by atoms with Gasteiger partial charge in [0.2, 0.25) is 11.8 Å². The molecule has 222 valence electrons. The summed E-state index contributed by atoms with van der Waals surface area (Å²) in [7, 11) is 3.25. The van der Waals surface area contributed by atoms with Gasteiger partial charge in [0.15, 0.2) is 0 Å². The molecule has 2 aromatic rings. The number of likely N-dealkylation sites (N-methyl/N-ethyl adjacent to an activating group) is 1. The summed E-state index contributed by atoms with van der Waals surface area (Å²) in [5.41, 5.74) is -0.866. The lowest BCUT2D eigenvalue weighted by atomic mass is 9.66. The Morgan fingerprint density at radius 3 is 2.36 bits per heavy atom. The molecule has 3 amide bonds. The van der Waals surface area contributed by atoms with Crippen LogP contribution in [0, 0.1) is 11.8 Å². The van der Waals surface area contributed by atoms with Crippen LogP contribution in [0.2, 0.25) is 0 Å². The topological polar surface area (TPSA) is 99.6 Å². The maximum atomic E-state index is 14.8. The number of fused-ring (bicyclic) bond motifs is 1. The number of hydrogen-bond donors (Lipinski definition) is 1. The van der Waals surface area contributed by atoms with Gasteiger partial charge in [0.25, 0.3) is 5.91 Å². The van der Waals surface area contributed by atoms with Gasteiger partial charge in [0, 0.05) is 25.8 Å². The molecule has 2 aromatic carbocycles. The van der Waals surface area contributed by atoms with Crippen LogP contribution < -0.4 is 9.64 Å². The number of benzene rings is 2. The van der Waals surface area contributed by atoms with Crippen LogP contribution in [0.1, 0.15) is 31.4 Å². The van der Waals surface area contributed by atoms with E-state index in [1.807, 2.05) is 37.3 Å².